The number of nitrogens with two attached hydrogens (primary N) is 1. The third kappa shape index (κ3) is 5.28. The Kier molecular flexibility index (Phi) is 6.12. The second kappa shape index (κ2) is 7.37. The van der Waals surface area contributed by atoms with E-state index in [2.05, 4.69) is 5.32 Å². The van der Waals surface area contributed by atoms with Crippen LogP contribution in [0.3, 0.4) is 0 Å². The highest BCUT2D eigenvalue weighted by molar-refractivity contribution is 7.89. The van der Waals surface area contributed by atoms with Gasteiger partial charge in [-0.2, -0.15) is 0 Å². The lowest BCUT2D eigenvalue weighted by molar-refractivity contribution is -0.126. The first-order chi connectivity index (χ1) is 9.34. The van der Waals surface area contributed by atoms with E-state index >= 15 is 0 Å². The van der Waals surface area contributed by atoms with E-state index in [0.29, 0.717) is 12.2 Å². The van der Waals surface area contributed by atoms with Crippen molar-refractivity contribution in [2.24, 2.45) is 5.14 Å². The van der Waals surface area contributed by atoms with Gasteiger partial charge in [0.1, 0.15) is 6.61 Å². The Balaban J connectivity index is 2.68. The summed E-state index contributed by atoms with van der Waals surface area (Å²) in [4.78, 5) is 11.6. The number of rotatable bonds is 7. The third-order valence-corrected chi connectivity index (χ3v) is 3.56. The van der Waals surface area contributed by atoms with E-state index in [1.165, 1.54) is 12.1 Å². The Morgan fingerprint density at radius 2 is 2.15 bits per heavy atom. The van der Waals surface area contributed by atoms with Gasteiger partial charge in [0.2, 0.25) is 15.9 Å². The summed E-state index contributed by atoms with van der Waals surface area (Å²) in [6.07, 6.45) is 0.846. The van der Waals surface area contributed by atoms with Crippen LogP contribution < -0.4 is 10.5 Å². The molecule has 0 radical (unpaired) electrons. The zero-order valence-corrected chi connectivity index (χ0v) is 12.4. The highest BCUT2D eigenvalue weighted by atomic mass is 32.2. The lowest BCUT2D eigenvalue weighted by atomic mass is 10.1. The van der Waals surface area contributed by atoms with E-state index in [4.69, 9.17) is 9.88 Å². The summed E-state index contributed by atoms with van der Waals surface area (Å²) in [7, 11) is -3.74. The van der Waals surface area contributed by atoms with E-state index in [9.17, 15) is 13.2 Å². The molecule has 1 aromatic carbocycles. The predicted molar refractivity (Wildman–Crippen MR) is 75.5 cm³/mol. The molecule has 1 unspecified atom stereocenters. The molecule has 1 aromatic rings. The van der Waals surface area contributed by atoms with Crippen LogP contribution in [0.5, 0.6) is 0 Å². The van der Waals surface area contributed by atoms with Crippen molar-refractivity contribution in [2.75, 3.05) is 13.2 Å². The molecule has 0 heterocycles. The average Bonchev–Trinajstić information content (AvgIpc) is 2.38. The number of primary sulfonamides is 1. The van der Waals surface area contributed by atoms with Crippen LogP contribution in [-0.2, 0) is 19.6 Å². The smallest absolute Gasteiger partial charge is 0.246 e. The Bertz CT molecular complexity index is 557. The molecular weight excluding hydrogens is 280 g/mol. The summed E-state index contributed by atoms with van der Waals surface area (Å²) in [5.41, 5.74) is 0.667. The van der Waals surface area contributed by atoms with Crippen LogP contribution in [0.25, 0.3) is 0 Å². The monoisotopic (exact) mass is 300 g/mol. The van der Waals surface area contributed by atoms with E-state index < -0.39 is 10.0 Å². The lowest BCUT2D eigenvalue weighted by Crippen LogP contribution is -2.30. The summed E-state index contributed by atoms with van der Waals surface area (Å²) >= 11 is 0. The zero-order valence-electron chi connectivity index (χ0n) is 11.6. The van der Waals surface area contributed by atoms with Gasteiger partial charge in [-0.15, -0.1) is 0 Å². The van der Waals surface area contributed by atoms with Gasteiger partial charge in [0, 0.05) is 6.61 Å². The van der Waals surface area contributed by atoms with E-state index in [0.717, 1.165) is 6.42 Å². The third-order valence-electron chi connectivity index (χ3n) is 2.65. The quantitative estimate of drug-likeness (QED) is 0.732. The first-order valence-electron chi connectivity index (χ1n) is 6.34. The summed E-state index contributed by atoms with van der Waals surface area (Å²) in [5, 5.41) is 7.81. The summed E-state index contributed by atoms with van der Waals surface area (Å²) in [6, 6.07) is 5.86. The van der Waals surface area contributed by atoms with Crippen molar-refractivity contribution >= 4 is 15.9 Å². The fourth-order valence-electron chi connectivity index (χ4n) is 1.64. The molecule has 1 amide bonds. The van der Waals surface area contributed by atoms with E-state index in [1.54, 1.807) is 19.1 Å². The van der Waals surface area contributed by atoms with Crippen LogP contribution in [0, 0.1) is 0 Å². The fourth-order valence-corrected chi connectivity index (χ4v) is 2.21. The first kappa shape index (κ1) is 16.6. The van der Waals surface area contributed by atoms with Crippen molar-refractivity contribution in [3.8, 4) is 0 Å². The fraction of sp³-hybridized carbons (Fsp3) is 0.462. The van der Waals surface area contributed by atoms with Crippen molar-refractivity contribution in [1.29, 1.82) is 0 Å². The van der Waals surface area contributed by atoms with Gasteiger partial charge in [-0.1, -0.05) is 19.1 Å². The molecule has 0 fully saturated rings. The molecule has 6 nitrogen and oxygen atoms in total. The molecule has 0 aliphatic rings. The molecule has 0 bridgehead atoms. The Hall–Kier alpha value is -1.44. The Morgan fingerprint density at radius 3 is 2.75 bits per heavy atom. The van der Waals surface area contributed by atoms with Crippen LogP contribution >= 0.6 is 0 Å². The molecule has 0 spiro atoms. The van der Waals surface area contributed by atoms with Gasteiger partial charge in [-0.3, -0.25) is 4.79 Å². The number of benzene rings is 1. The number of carbonyl (C=O) groups is 1. The molecule has 112 valence electrons. The molecule has 1 atom stereocenters. The predicted octanol–water partition coefficient (Wildman–Crippen LogP) is 0.938. The van der Waals surface area contributed by atoms with E-state index in [-0.39, 0.29) is 23.5 Å². The minimum absolute atomic E-state index is 0.00689. The maximum absolute atomic E-state index is 11.6. The lowest BCUT2D eigenvalue weighted by Gasteiger charge is -2.15. The van der Waals surface area contributed by atoms with Crippen LogP contribution in [0.15, 0.2) is 29.2 Å². The zero-order chi connectivity index (χ0) is 15.2. The number of hydrogen-bond donors (Lipinski definition) is 2. The maximum atomic E-state index is 11.6. The normalized spacial score (nSPS) is 12.9. The highest BCUT2D eigenvalue weighted by Crippen LogP contribution is 2.16. The summed E-state index contributed by atoms with van der Waals surface area (Å²) < 4.78 is 27.7. The van der Waals surface area contributed by atoms with Gasteiger partial charge in [0.05, 0.1) is 10.9 Å². The van der Waals surface area contributed by atoms with Crippen molar-refractivity contribution in [1.82, 2.24) is 5.32 Å². The molecule has 7 heteroatoms. The topological polar surface area (TPSA) is 98.5 Å². The SMILES string of the molecule is CCCOCC(=O)NC(C)c1cccc(S(N)(=O)=O)c1. The van der Waals surface area contributed by atoms with Crippen molar-refractivity contribution in [3.05, 3.63) is 29.8 Å². The molecule has 3 N–H and O–H groups in total. The number of amides is 1. The maximum Gasteiger partial charge on any atom is 0.246 e. The van der Waals surface area contributed by atoms with E-state index in [1.807, 2.05) is 6.92 Å². The molecule has 0 saturated heterocycles. The van der Waals surface area contributed by atoms with Crippen LogP contribution in [-0.4, -0.2) is 27.5 Å². The molecule has 0 aliphatic carbocycles. The van der Waals surface area contributed by atoms with Gasteiger partial charge < -0.3 is 10.1 Å². The number of hydrogen-bond acceptors (Lipinski definition) is 4. The van der Waals surface area contributed by atoms with Gasteiger partial charge in [0.15, 0.2) is 0 Å². The first-order valence-corrected chi connectivity index (χ1v) is 7.89. The Labute approximate surface area is 119 Å². The molecular formula is C13H20N2O4S. The van der Waals surface area contributed by atoms with Gasteiger partial charge in [0.25, 0.3) is 0 Å². The second-order valence-corrected chi connectivity index (χ2v) is 6.02. The number of ether oxygens (including phenoxy) is 1. The molecule has 0 aromatic heterocycles. The number of sulfonamides is 1. The van der Waals surface area contributed by atoms with Crippen LogP contribution in [0.1, 0.15) is 31.9 Å². The molecule has 0 aliphatic heterocycles. The molecule has 20 heavy (non-hydrogen) atoms. The molecule has 0 saturated carbocycles. The van der Waals surface area contributed by atoms with Crippen molar-refractivity contribution in [2.45, 2.75) is 31.2 Å². The average molecular weight is 300 g/mol. The van der Waals surface area contributed by atoms with Crippen LogP contribution in [0.4, 0.5) is 0 Å². The number of carbonyl (C=O) groups excluding carboxylic acids is 1. The summed E-state index contributed by atoms with van der Waals surface area (Å²) in [6.45, 7) is 4.25. The largest absolute Gasteiger partial charge is 0.372 e. The van der Waals surface area contributed by atoms with Crippen molar-refractivity contribution in [3.63, 3.8) is 0 Å². The second-order valence-electron chi connectivity index (χ2n) is 4.46. The van der Waals surface area contributed by atoms with Gasteiger partial charge >= 0.3 is 0 Å². The van der Waals surface area contributed by atoms with Crippen LogP contribution in [0.2, 0.25) is 0 Å². The minimum atomic E-state index is -3.74. The number of nitrogens with one attached hydrogen (secondary N) is 1. The minimum Gasteiger partial charge on any atom is -0.372 e. The highest BCUT2D eigenvalue weighted by Gasteiger charge is 2.13. The molecule has 1 rings (SSSR count). The summed E-state index contributed by atoms with van der Waals surface area (Å²) in [5.74, 6) is -0.244. The standard InChI is InChI=1S/C13H20N2O4S/c1-3-7-19-9-13(16)15-10(2)11-5-4-6-12(8-11)20(14,17)18/h4-6,8,10H,3,7,9H2,1-2H3,(H,15,16)(H2,14,17,18). The van der Waals surface area contributed by atoms with Crippen molar-refractivity contribution < 1.29 is 17.9 Å². The van der Waals surface area contributed by atoms with Gasteiger partial charge in [-0.25, -0.2) is 13.6 Å². The Morgan fingerprint density at radius 1 is 1.45 bits per heavy atom. The van der Waals surface area contributed by atoms with Gasteiger partial charge in [-0.05, 0) is 31.0 Å².